The molecule has 0 bridgehead atoms. The zero-order valence-corrected chi connectivity index (χ0v) is 13.2. The lowest BCUT2D eigenvalue weighted by Gasteiger charge is -2.15. The molecule has 0 spiro atoms. The van der Waals surface area contributed by atoms with Gasteiger partial charge in [-0.15, -0.1) is 11.8 Å². The molecule has 2 rings (SSSR count). The van der Waals surface area contributed by atoms with Crippen LogP contribution in [0.1, 0.15) is 19.8 Å². The van der Waals surface area contributed by atoms with Crippen LogP contribution in [0.15, 0.2) is 18.2 Å². The van der Waals surface area contributed by atoms with Gasteiger partial charge in [-0.3, -0.25) is 4.79 Å². The molecule has 1 aliphatic rings. The summed E-state index contributed by atoms with van der Waals surface area (Å²) in [6.07, 6.45) is 2.50. The first-order valence-electron chi connectivity index (χ1n) is 7.07. The largest absolute Gasteiger partial charge is 0.497 e. The van der Waals surface area contributed by atoms with E-state index in [1.54, 1.807) is 37.1 Å². The van der Waals surface area contributed by atoms with Gasteiger partial charge in [0.2, 0.25) is 5.91 Å². The number of rotatable bonds is 6. The summed E-state index contributed by atoms with van der Waals surface area (Å²) >= 11 is 1.61. The number of carbonyl (C=O) groups is 1. The number of anilines is 2. The van der Waals surface area contributed by atoms with Gasteiger partial charge in [-0.25, -0.2) is 0 Å². The summed E-state index contributed by atoms with van der Waals surface area (Å²) in [5.41, 5.74) is 7.01. The Balaban J connectivity index is 1.84. The van der Waals surface area contributed by atoms with E-state index in [4.69, 9.17) is 15.2 Å². The van der Waals surface area contributed by atoms with Crippen molar-refractivity contribution in [3.63, 3.8) is 0 Å². The first-order valence-corrected chi connectivity index (χ1v) is 8.12. The molecule has 1 heterocycles. The quantitative estimate of drug-likeness (QED) is 0.790. The van der Waals surface area contributed by atoms with Crippen LogP contribution >= 0.6 is 11.8 Å². The minimum atomic E-state index is -0.143. The van der Waals surface area contributed by atoms with Crippen LogP contribution in [0.5, 0.6) is 5.75 Å². The number of hydrogen-bond acceptors (Lipinski definition) is 5. The number of ether oxygens (including phenoxy) is 2. The number of nitrogens with two attached hydrogens (primary N) is 1. The van der Waals surface area contributed by atoms with E-state index in [0.717, 1.165) is 25.2 Å². The second-order valence-corrected chi connectivity index (χ2v) is 6.43. The molecule has 3 N–H and O–H groups in total. The monoisotopic (exact) mass is 310 g/mol. The molecule has 1 saturated heterocycles. The molecule has 2 unspecified atom stereocenters. The Kier molecular flexibility index (Phi) is 5.76. The fraction of sp³-hybridized carbons (Fsp3) is 0.533. The highest BCUT2D eigenvalue weighted by Gasteiger charge is 2.20. The van der Waals surface area contributed by atoms with Gasteiger partial charge >= 0.3 is 0 Å². The summed E-state index contributed by atoms with van der Waals surface area (Å²) in [5.74, 6) is 1.48. The molecule has 1 aliphatic heterocycles. The number of thioether (sulfide) groups is 1. The number of carbonyl (C=O) groups excluding carboxylic acids is 1. The Morgan fingerprint density at radius 2 is 2.43 bits per heavy atom. The smallest absolute Gasteiger partial charge is 0.237 e. The summed E-state index contributed by atoms with van der Waals surface area (Å²) in [6, 6.07) is 5.22. The maximum atomic E-state index is 12.2. The number of methoxy groups -OCH3 is 1. The molecule has 2 atom stereocenters. The summed E-state index contributed by atoms with van der Waals surface area (Å²) in [5, 5.41) is 2.71. The highest BCUT2D eigenvalue weighted by Crippen LogP contribution is 2.26. The van der Waals surface area contributed by atoms with Crippen LogP contribution in [0.2, 0.25) is 0 Å². The van der Waals surface area contributed by atoms with Gasteiger partial charge in [-0.05, 0) is 31.9 Å². The fourth-order valence-electron chi connectivity index (χ4n) is 2.12. The second kappa shape index (κ2) is 7.56. The molecular weight excluding hydrogens is 288 g/mol. The number of amides is 1. The maximum Gasteiger partial charge on any atom is 0.237 e. The van der Waals surface area contributed by atoms with Crippen LogP contribution < -0.4 is 15.8 Å². The van der Waals surface area contributed by atoms with E-state index in [2.05, 4.69) is 5.32 Å². The lowest BCUT2D eigenvalue weighted by molar-refractivity contribution is -0.115. The van der Waals surface area contributed by atoms with E-state index in [0.29, 0.717) is 17.1 Å². The summed E-state index contributed by atoms with van der Waals surface area (Å²) in [6.45, 7) is 2.74. The molecule has 1 aromatic carbocycles. The van der Waals surface area contributed by atoms with Crippen molar-refractivity contribution in [1.82, 2.24) is 0 Å². The molecule has 116 valence electrons. The highest BCUT2D eigenvalue weighted by atomic mass is 32.2. The predicted molar refractivity (Wildman–Crippen MR) is 86.9 cm³/mol. The third-order valence-corrected chi connectivity index (χ3v) is 4.72. The Morgan fingerprint density at radius 3 is 3.05 bits per heavy atom. The Hall–Kier alpha value is -1.40. The average Bonchev–Trinajstić information content (AvgIpc) is 3.00. The topological polar surface area (TPSA) is 73.6 Å². The summed E-state index contributed by atoms with van der Waals surface area (Å²) < 4.78 is 10.6. The minimum absolute atomic E-state index is 0.0464. The van der Waals surface area contributed by atoms with Gasteiger partial charge in [-0.2, -0.15) is 0 Å². The molecule has 6 heteroatoms. The molecule has 0 aliphatic carbocycles. The van der Waals surface area contributed by atoms with Crippen molar-refractivity contribution in [3.8, 4) is 5.75 Å². The fourth-order valence-corrected chi connectivity index (χ4v) is 3.10. The first kappa shape index (κ1) is 16.0. The van der Waals surface area contributed by atoms with Crippen molar-refractivity contribution in [3.05, 3.63) is 18.2 Å². The third kappa shape index (κ3) is 4.54. The van der Waals surface area contributed by atoms with E-state index < -0.39 is 0 Å². The maximum absolute atomic E-state index is 12.2. The number of nitrogens with one attached hydrogen (secondary N) is 1. The zero-order valence-electron chi connectivity index (χ0n) is 12.4. The van der Waals surface area contributed by atoms with Gasteiger partial charge in [-0.1, -0.05) is 0 Å². The standard InChI is InChI=1S/C15H22N2O3S/c1-10(21-9-12-4-3-7-20-12)15(18)17-14-6-5-11(19-2)8-13(14)16/h5-6,8,10,12H,3-4,7,9,16H2,1-2H3,(H,17,18). The van der Waals surface area contributed by atoms with Gasteiger partial charge in [0.05, 0.1) is 29.8 Å². The first-order chi connectivity index (χ1) is 10.1. The predicted octanol–water partition coefficient (Wildman–Crippen LogP) is 2.52. The number of nitrogen functional groups attached to an aromatic ring is 1. The van der Waals surface area contributed by atoms with Crippen molar-refractivity contribution < 1.29 is 14.3 Å². The SMILES string of the molecule is COc1ccc(NC(=O)C(C)SCC2CCCO2)c(N)c1. The van der Waals surface area contributed by atoms with Crippen molar-refractivity contribution in [2.24, 2.45) is 0 Å². The van der Waals surface area contributed by atoms with E-state index in [9.17, 15) is 4.79 Å². The molecule has 0 saturated carbocycles. The molecule has 0 aromatic heterocycles. The van der Waals surface area contributed by atoms with Gasteiger partial charge in [0, 0.05) is 18.4 Å². The van der Waals surface area contributed by atoms with Crippen LogP contribution in [0.3, 0.4) is 0 Å². The van der Waals surface area contributed by atoms with Gasteiger partial charge < -0.3 is 20.5 Å². The van der Waals surface area contributed by atoms with Crippen LogP contribution in [-0.4, -0.2) is 36.7 Å². The molecular formula is C15H22N2O3S. The van der Waals surface area contributed by atoms with Crippen LogP contribution in [-0.2, 0) is 9.53 Å². The molecule has 21 heavy (non-hydrogen) atoms. The molecule has 5 nitrogen and oxygen atoms in total. The molecule has 1 aromatic rings. The Bertz CT molecular complexity index is 490. The number of hydrogen-bond donors (Lipinski definition) is 2. The minimum Gasteiger partial charge on any atom is -0.497 e. The molecule has 0 radical (unpaired) electrons. The van der Waals surface area contributed by atoms with Crippen molar-refractivity contribution in [2.45, 2.75) is 31.1 Å². The van der Waals surface area contributed by atoms with Crippen molar-refractivity contribution >= 4 is 29.0 Å². The normalized spacial score (nSPS) is 19.2. The Labute approximate surface area is 129 Å². The van der Waals surface area contributed by atoms with Crippen molar-refractivity contribution in [2.75, 3.05) is 30.5 Å². The van der Waals surface area contributed by atoms with E-state index >= 15 is 0 Å². The lowest BCUT2D eigenvalue weighted by Crippen LogP contribution is -2.24. The highest BCUT2D eigenvalue weighted by molar-refractivity contribution is 8.00. The number of benzene rings is 1. The molecule has 1 fully saturated rings. The average molecular weight is 310 g/mol. The van der Waals surface area contributed by atoms with Gasteiger partial charge in [0.1, 0.15) is 5.75 Å². The zero-order chi connectivity index (χ0) is 15.2. The third-order valence-electron chi connectivity index (χ3n) is 3.44. The van der Waals surface area contributed by atoms with Crippen LogP contribution in [0, 0.1) is 0 Å². The van der Waals surface area contributed by atoms with E-state index in [1.807, 2.05) is 6.92 Å². The molecule has 1 amide bonds. The lowest BCUT2D eigenvalue weighted by atomic mass is 10.2. The van der Waals surface area contributed by atoms with Crippen molar-refractivity contribution in [1.29, 1.82) is 0 Å². The second-order valence-electron chi connectivity index (χ2n) is 5.05. The van der Waals surface area contributed by atoms with Gasteiger partial charge in [0.25, 0.3) is 0 Å². The van der Waals surface area contributed by atoms with E-state index in [1.165, 1.54) is 0 Å². The van der Waals surface area contributed by atoms with Crippen LogP contribution in [0.25, 0.3) is 0 Å². The Morgan fingerprint density at radius 1 is 1.62 bits per heavy atom. The van der Waals surface area contributed by atoms with Gasteiger partial charge in [0.15, 0.2) is 0 Å². The summed E-state index contributed by atoms with van der Waals surface area (Å²) in [4.78, 5) is 12.2. The van der Waals surface area contributed by atoms with E-state index in [-0.39, 0.29) is 17.3 Å². The summed E-state index contributed by atoms with van der Waals surface area (Å²) in [7, 11) is 1.58. The van der Waals surface area contributed by atoms with Crippen LogP contribution in [0.4, 0.5) is 11.4 Å².